The van der Waals surface area contributed by atoms with Crippen molar-refractivity contribution in [1.29, 1.82) is 0 Å². The molecule has 0 saturated heterocycles. The maximum atomic E-state index is 11.5. The first kappa shape index (κ1) is 108. The molecular formula is C80H130ClN33O9. The molecule has 0 spiro atoms. The number of methoxy groups -OCH3 is 1. The van der Waals surface area contributed by atoms with E-state index in [0.717, 1.165) is 48.0 Å². The number of anilines is 5. The molecular weight excluding hydrogens is 1600 g/mol. The van der Waals surface area contributed by atoms with E-state index in [4.69, 9.17) is 33.8 Å². The van der Waals surface area contributed by atoms with E-state index >= 15 is 0 Å². The van der Waals surface area contributed by atoms with E-state index < -0.39 is 0 Å². The highest BCUT2D eigenvalue weighted by molar-refractivity contribution is 6.29. The zero-order chi connectivity index (χ0) is 93.7. The molecule has 14 aromatic rings. The molecule has 0 aliphatic heterocycles. The van der Waals surface area contributed by atoms with E-state index in [9.17, 15) is 33.6 Å². The van der Waals surface area contributed by atoms with Crippen molar-refractivity contribution in [2.24, 2.45) is 83.7 Å². The molecule has 14 N–H and O–H groups in total. The van der Waals surface area contributed by atoms with E-state index in [1.807, 2.05) is 6.92 Å². The number of hydrogen-bond acceptors (Lipinski definition) is 28. The lowest BCUT2D eigenvalue weighted by Crippen LogP contribution is -2.13. The first-order valence-electron chi connectivity index (χ1n) is 39.8. The van der Waals surface area contributed by atoms with Crippen LogP contribution < -0.4 is 65.9 Å². The molecule has 0 fully saturated rings. The van der Waals surface area contributed by atoms with Crippen LogP contribution in [0.2, 0.25) is 5.28 Å². The number of fused-ring (bicyclic) bond motifs is 7. The monoisotopic (exact) mass is 1730 g/mol. The molecule has 676 valence electrons. The second kappa shape index (κ2) is 55.8. The van der Waals surface area contributed by atoms with E-state index in [-0.39, 0.29) is 62.6 Å². The van der Waals surface area contributed by atoms with E-state index in [1.54, 1.807) is 80.8 Å². The summed E-state index contributed by atoms with van der Waals surface area (Å²) >= 11 is 5.68. The number of nitrogens with two attached hydrogens (primary N) is 1. The van der Waals surface area contributed by atoms with Crippen LogP contribution in [0, 0.1) is 48.0 Å². The summed E-state index contributed by atoms with van der Waals surface area (Å²) in [4.78, 5) is 155. The minimum absolute atomic E-state index is 0.00694. The first-order chi connectivity index (χ1) is 57.8. The van der Waals surface area contributed by atoms with Gasteiger partial charge in [0.05, 0.1) is 57.5 Å². The molecule has 123 heavy (non-hydrogen) atoms. The summed E-state index contributed by atoms with van der Waals surface area (Å²) in [5.74, 6) is 8.77. The van der Waals surface area contributed by atoms with Crippen LogP contribution in [0.25, 0.3) is 82.9 Å². The number of nitrogens with zero attached hydrogens (tertiary/aromatic N) is 21. The summed E-state index contributed by atoms with van der Waals surface area (Å²) < 4.78 is 14.6. The van der Waals surface area contributed by atoms with Crippen molar-refractivity contribution in [2.75, 3.05) is 74.0 Å². The molecule has 0 aliphatic rings. The van der Waals surface area contributed by atoms with Gasteiger partial charge in [0, 0.05) is 76.1 Å². The number of halogens is 1. The largest absolute Gasteiger partial charge is 0.395 e. The molecule has 42 nitrogen and oxygen atoms in total. The number of aliphatic hydroxyl groups excluding tert-OH is 1. The number of aromatic amines is 7. The van der Waals surface area contributed by atoms with Crippen molar-refractivity contribution in [3.8, 4) is 0 Å². The predicted octanol–water partition coefficient (Wildman–Crippen LogP) is 10.6. The Morgan fingerprint density at radius 3 is 0.951 bits per heavy atom. The number of aliphatic hydroxyl groups is 1. The number of rotatable bonds is 10. The number of imidazole rings is 6. The van der Waals surface area contributed by atoms with Gasteiger partial charge in [0.2, 0.25) is 35.0 Å². The van der Waals surface area contributed by atoms with E-state index in [2.05, 4.69) is 276 Å². The minimum Gasteiger partial charge on any atom is -0.395 e. The number of aryl methyl sites for hydroxylation is 6. The Hall–Kier alpha value is -12.9. The number of aromatic nitrogens is 27. The zero-order valence-corrected chi connectivity index (χ0v) is 77.6. The topological polar surface area (TPSA) is 548 Å². The van der Waals surface area contributed by atoms with Gasteiger partial charge in [0.15, 0.2) is 67.0 Å². The van der Waals surface area contributed by atoms with Gasteiger partial charge in [0.25, 0.3) is 50.4 Å². The van der Waals surface area contributed by atoms with E-state index in [0.29, 0.717) is 122 Å². The third kappa shape index (κ3) is 37.7. The number of nitrogen functional groups attached to an aromatic ring is 1. The number of H-pyrrole nitrogens is 7. The number of pyridine rings is 1. The number of hydrogen-bond donors (Lipinski definition) is 13. The molecule has 0 aliphatic carbocycles. The maximum absolute atomic E-state index is 11.5. The Kier molecular flexibility index (Phi) is 49.1. The third-order valence-electron chi connectivity index (χ3n) is 13.2. The Morgan fingerprint density at radius 1 is 0.398 bits per heavy atom. The van der Waals surface area contributed by atoms with Crippen LogP contribution in [0.5, 0.6) is 0 Å². The van der Waals surface area contributed by atoms with Gasteiger partial charge in [-0.15, -0.1) is 0 Å². The Labute approximate surface area is 719 Å². The quantitative estimate of drug-likeness (QED) is 0.0344. The highest BCUT2D eigenvalue weighted by Gasteiger charge is 2.16. The van der Waals surface area contributed by atoms with Crippen molar-refractivity contribution in [2.45, 2.75) is 152 Å². The Morgan fingerprint density at radius 2 is 0.667 bits per heavy atom. The minimum atomic E-state index is -0.242. The van der Waals surface area contributed by atoms with Crippen molar-refractivity contribution in [1.82, 2.24) is 132 Å². The van der Waals surface area contributed by atoms with Gasteiger partial charge in [-0.1, -0.05) is 163 Å². The lowest BCUT2D eigenvalue weighted by molar-refractivity contribution is 0.210. The van der Waals surface area contributed by atoms with Crippen molar-refractivity contribution >= 4 is 125 Å². The summed E-state index contributed by atoms with van der Waals surface area (Å²) in [5, 5.41) is 21.2. The molecule has 0 aromatic carbocycles. The SMILES string of the molecule is CC(C)C.CC(C)C.CC(C)C.CC(C)C.CC(C)C.CC(C)C.CC(C)C.CCNc1nc2nc[nH]c(=O)c2n1C.CNc1nc2nc[nH]c(=O)c2n1C.COCCNc1nc2nc[nH]c(=O)c2n1C.Cn1c(Cl)nc2nc[nH]c(=O)c21.Cn1c(N)nc2nc[nH]c(=O)c21.Cn1c(NCCO)nc2nc[nH]c(=O)c21.[C-]#[N+]c1ccc2c(=O)[nH]cnc2n1. The summed E-state index contributed by atoms with van der Waals surface area (Å²) in [7, 11) is 13.7. The van der Waals surface area contributed by atoms with Crippen LogP contribution in [-0.2, 0) is 47.0 Å². The van der Waals surface area contributed by atoms with Crippen molar-refractivity contribution in [3.05, 3.63) is 146 Å². The van der Waals surface area contributed by atoms with Gasteiger partial charge < -0.3 is 104 Å². The summed E-state index contributed by atoms with van der Waals surface area (Å²) in [6, 6.07) is 3.04. The van der Waals surface area contributed by atoms with Gasteiger partial charge in [0.1, 0.15) is 5.39 Å². The molecule has 0 bridgehead atoms. The van der Waals surface area contributed by atoms with Crippen molar-refractivity contribution < 1.29 is 9.84 Å². The fourth-order valence-corrected chi connectivity index (χ4v) is 8.74. The third-order valence-corrected chi connectivity index (χ3v) is 13.5. The molecule has 14 aromatic heterocycles. The molecule has 0 amide bonds. The highest BCUT2D eigenvalue weighted by Crippen LogP contribution is 2.17. The van der Waals surface area contributed by atoms with Crippen LogP contribution in [0.3, 0.4) is 0 Å². The van der Waals surface area contributed by atoms with Gasteiger partial charge >= 0.3 is 0 Å². The van der Waals surface area contributed by atoms with Crippen LogP contribution in [0.4, 0.5) is 35.6 Å². The predicted molar refractivity (Wildman–Crippen MR) is 494 cm³/mol. The standard InChI is InChI=1S/C9H13N5O2.C8H11N5O2.C8H11N5O.C8H4N4O.C7H9N5O.C6H5ClN4O.C6H7N5O.7C4H10/c1-14-6-7(11-5-12-8(6)15)13-9(14)10-3-4-16-2;1-13-5-6(10-4-11-7(5)15)12-8(13)9-2-3-14;1-3-9-8-12-6-5(13(8)2)7(14)11-4-10-6;1-9-6-3-2-5-7(12-6)10-4-11-8(5)13;1-8-7-11-5-4(12(7)2)6(13)10-3-9-5;2*1-11-3-4(10-6(11)7)8-2-9-5(3)12;7*1-4(2)3/h5H,3-4H2,1-2H3,(H2,10,11,12,13,15);4,14H,2-3H2,1H3,(H2,9,10,11,12,15);4H,3H2,1-2H3,(H2,9,10,11,12,14);2-4H,(H,10,11,12,13);3H,1-2H3,(H2,8,9,10,11,13);2H,1H3,(H,8,9,12);2H,1H3,(H3,7,8,9,10,12);7*4H,1-3H3. The van der Waals surface area contributed by atoms with Crippen LogP contribution in [0.1, 0.15) is 152 Å². The Balaban J connectivity index is 0.000000683. The molecule has 0 saturated carbocycles. The average Bonchev–Trinajstić information content (AvgIpc) is 1.71. The lowest BCUT2D eigenvalue weighted by Gasteiger charge is -2.04. The fourth-order valence-electron chi connectivity index (χ4n) is 8.58. The molecule has 43 heteroatoms. The van der Waals surface area contributed by atoms with Gasteiger partial charge in [-0.3, -0.25) is 33.6 Å². The maximum Gasteiger partial charge on any atom is 0.277 e. The molecule has 14 heterocycles. The summed E-state index contributed by atoms with van der Waals surface area (Å²) in [6.45, 7) is 56.5. The lowest BCUT2D eigenvalue weighted by atomic mass is 10.3. The van der Waals surface area contributed by atoms with Crippen LogP contribution in [-0.4, -0.2) is 184 Å². The van der Waals surface area contributed by atoms with E-state index in [1.165, 1.54) is 59.5 Å². The van der Waals surface area contributed by atoms with Gasteiger partial charge in [-0.2, -0.15) is 34.9 Å². The Bertz CT molecular complexity index is 5750. The van der Waals surface area contributed by atoms with Crippen LogP contribution in [0.15, 0.2) is 90.0 Å². The van der Waals surface area contributed by atoms with Gasteiger partial charge in [-0.25, -0.2) is 29.9 Å². The highest BCUT2D eigenvalue weighted by atomic mass is 35.5. The molecule has 0 radical (unpaired) electrons. The normalized spacial score (nSPS) is 10.3. The summed E-state index contributed by atoms with van der Waals surface area (Å²) in [6.07, 6.45) is 9.23. The first-order valence-corrected chi connectivity index (χ1v) is 40.2. The van der Waals surface area contributed by atoms with Crippen LogP contribution >= 0.6 is 11.6 Å². The smallest absolute Gasteiger partial charge is 0.277 e. The van der Waals surface area contributed by atoms with Crippen molar-refractivity contribution in [3.63, 3.8) is 0 Å². The summed E-state index contributed by atoms with van der Waals surface area (Å²) in [5.41, 5.74) is 9.42. The second-order valence-corrected chi connectivity index (χ2v) is 31.6. The second-order valence-electron chi connectivity index (χ2n) is 31.2. The molecule has 0 atom stereocenters. The molecule has 0 unspecified atom stereocenters. The fraction of sp³-hybridized carbons (Fsp3) is 0.525. The molecule has 14 rings (SSSR count). The number of nitrogens with one attached hydrogen (secondary N) is 11. The van der Waals surface area contributed by atoms with Gasteiger partial charge in [-0.05, 0) is 66.0 Å². The average molecular weight is 1730 g/mol. The number of ether oxygens (including phenoxy) is 1. The zero-order valence-electron chi connectivity index (χ0n) is 76.8.